The molecule has 0 aliphatic rings. The summed E-state index contributed by atoms with van der Waals surface area (Å²) in [5.41, 5.74) is 7.61. The fourth-order valence-corrected chi connectivity index (χ4v) is 2.22. The Labute approximate surface area is 118 Å². The average molecular weight is 274 g/mol. The number of aromatic nitrogens is 1. The second kappa shape index (κ2) is 7.01. The van der Waals surface area contributed by atoms with E-state index in [9.17, 15) is 4.39 Å². The molecule has 1 unspecified atom stereocenters. The Morgan fingerprint density at radius 2 is 2.15 bits per heavy atom. The molecule has 0 bridgehead atoms. The van der Waals surface area contributed by atoms with Crippen LogP contribution >= 0.6 is 0 Å². The highest BCUT2D eigenvalue weighted by atomic mass is 19.1. The van der Waals surface area contributed by atoms with E-state index < -0.39 is 0 Å². The van der Waals surface area contributed by atoms with E-state index in [1.165, 1.54) is 12.1 Å². The maximum atomic E-state index is 13.5. The smallest absolute Gasteiger partial charge is 0.123 e. The van der Waals surface area contributed by atoms with E-state index in [-0.39, 0.29) is 11.7 Å². The van der Waals surface area contributed by atoms with Gasteiger partial charge in [0, 0.05) is 23.4 Å². The normalized spacial score (nSPS) is 12.2. The van der Waals surface area contributed by atoms with E-state index in [1.54, 1.807) is 12.3 Å². The molecule has 0 amide bonds. The van der Waals surface area contributed by atoms with Crippen LogP contribution in [0.4, 0.5) is 4.39 Å². The molecule has 2 N–H and O–H groups in total. The fraction of sp³-hybridized carbons (Fsp3) is 0.312. The highest BCUT2D eigenvalue weighted by Gasteiger charge is 2.17. The van der Waals surface area contributed by atoms with E-state index in [0.717, 1.165) is 11.3 Å². The van der Waals surface area contributed by atoms with Gasteiger partial charge in [0.15, 0.2) is 0 Å². The Balaban J connectivity index is 2.28. The quantitative estimate of drug-likeness (QED) is 0.881. The van der Waals surface area contributed by atoms with Crippen LogP contribution in [-0.2, 0) is 6.42 Å². The molecule has 0 fully saturated rings. The Morgan fingerprint density at radius 1 is 1.30 bits per heavy atom. The van der Waals surface area contributed by atoms with Crippen molar-refractivity contribution in [3.8, 4) is 5.75 Å². The SMILES string of the molecule is CCOc1ccc(F)cc1C(CN)Cc1ccccn1. The molecule has 3 nitrogen and oxygen atoms in total. The topological polar surface area (TPSA) is 48.1 Å². The van der Waals surface area contributed by atoms with Crippen LogP contribution in [0, 0.1) is 5.82 Å². The highest BCUT2D eigenvalue weighted by molar-refractivity contribution is 5.38. The van der Waals surface area contributed by atoms with Crippen molar-refractivity contribution >= 4 is 0 Å². The van der Waals surface area contributed by atoms with Crippen LogP contribution in [0.1, 0.15) is 24.1 Å². The summed E-state index contributed by atoms with van der Waals surface area (Å²) in [5.74, 6) is 0.408. The van der Waals surface area contributed by atoms with Crippen LogP contribution in [0.25, 0.3) is 0 Å². The number of hydrogen-bond donors (Lipinski definition) is 1. The fourth-order valence-electron chi connectivity index (χ4n) is 2.22. The average Bonchev–Trinajstić information content (AvgIpc) is 2.48. The second-order valence-corrected chi connectivity index (χ2v) is 4.57. The molecule has 4 heteroatoms. The first-order chi connectivity index (χ1) is 9.74. The van der Waals surface area contributed by atoms with Crippen LogP contribution in [0.3, 0.4) is 0 Å². The molecule has 1 atom stereocenters. The standard InChI is InChI=1S/C16H19FN2O/c1-2-20-16-7-6-13(17)10-15(16)12(11-18)9-14-5-3-4-8-19-14/h3-8,10,12H,2,9,11,18H2,1H3. The van der Waals surface area contributed by atoms with Crippen molar-refractivity contribution < 1.29 is 9.13 Å². The zero-order chi connectivity index (χ0) is 14.4. The van der Waals surface area contributed by atoms with Crippen LogP contribution in [-0.4, -0.2) is 18.1 Å². The maximum Gasteiger partial charge on any atom is 0.123 e. The Morgan fingerprint density at radius 3 is 2.80 bits per heavy atom. The molecule has 106 valence electrons. The lowest BCUT2D eigenvalue weighted by atomic mass is 9.93. The molecule has 2 rings (SSSR count). The number of nitrogens with zero attached hydrogens (tertiary/aromatic N) is 1. The Kier molecular flexibility index (Phi) is 5.07. The number of ether oxygens (including phenoxy) is 1. The molecule has 20 heavy (non-hydrogen) atoms. The lowest BCUT2D eigenvalue weighted by Crippen LogP contribution is -2.17. The summed E-state index contributed by atoms with van der Waals surface area (Å²) in [4.78, 5) is 4.30. The molecular weight excluding hydrogens is 255 g/mol. The van der Waals surface area contributed by atoms with Crippen molar-refractivity contribution in [1.29, 1.82) is 0 Å². The van der Waals surface area contributed by atoms with Crippen molar-refractivity contribution in [3.05, 3.63) is 59.7 Å². The first-order valence-corrected chi connectivity index (χ1v) is 6.76. The number of nitrogens with two attached hydrogens (primary N) is 1. The van der Waals surface area contributed by atoms with Gasteiger partial charge in [-0.25, -0.2) is 4.39 Å². The third kappa shape index (κ3) is 3.54. The van der Waals surface area contributed by atoms with Gasteiger partial charge < -0.3 is 10.5 Å². The van der Waals surface area contributed by atoms with Gasteiger partial charge in [0.2, 0.25) is 0 Å². The van der Waals surface area contributed by atoms with Gasteiger partial charge in [-0.05, 0) is 50.2 Å². The van der Waals surface area contributed by atoms with Gasteiger partial charge in [-0.3, -0.25) is 4.98 Å². The summed E-state index contributed by atoms with van der Waals surface area (Å²) in [6.45, 7) is 2.86. The van der Waals surface area contributed by atoms with Gasteiger partial charge in [-0.15, -0.1) is 0 Å². The zero-order valence-corrected chi connectivity index (χ0v) is 11.6. The molecule has 1 aromatic carbocycles. The maximum absolute atomic E-state index is 13.5. The highest BCUT2D eigenvalue weighted by Crippen LogP contribution is 2.29. The number of pyridine rings is 1. The van der Waals surface area contributed by atoms with Crippen molar-refractivity contribution in [3.63, 3.8) is 0 Å². The predicted molar refractivity (Wildman–Crippen MR) is 77.3 cm³/mol. The summed E-state index contributed by atoms with van der Waals surface area (Å²) in [5, 5.41) is 0. The lowest BCUT2D eigenvalue weighted by molar-refractivity contribution is 0.333. The third-order valence-corrected chi connectivity index (χ3v) is 3.18. The number of halogens is 1. The van der Waals surface area contributed by atoms with Crippen molar-refractivity contribution in [2.24, 2.45) is 5.73 Å². The van der Waals surface area contributed by atoms with Gasteiger partial charge in [0.25, 0.3) is 0 Å². The van der Waals surface area contributed by atoms with E-state index >= 15 is 0 Å². The number of benzene rings is 1. The minimum atomic E-state index is -0.275. The van der Waals surface area contributed by atoms with Crippen LogP contribution in [0.2, 0.25) is 0 Å². The van der Waals surface area contributed by atoms with Gasteiger partial charge in [0.1, 0.15) is 11.6 Å². The molecule has 0 saturated carbocycles. The molecule has 0 radical (unpaired) electrons. The minimum absolute atomic E-state index is 0.0119. The summed E-state index contributed by atoms with van der Waals surface area (Å²) in [6.07, 6.45) is 2.42. The molecule has 1 aromatic heterocycles. The molecule has 0 aliphatic heterocycles. The molecule has 1 heterocycles. The molecule has 0 aliphatic carbocycles. The minimum Gasteiger partial charge on any atom is -0.494 e. The van der Waals surface area contributed by atoms with E-state index in [1.807, 2.05) is 25.1 Å². The van der Waals surface area contributed by atoms with Crippen molar-refractivity contribution in [2.75, 3.05) is 13.2 Å². The molecule has 0 spiro atoms. The van der Waals surface area contributed by atoms with Gasteiger partial charge in [-0.2, -0.15) is 0 Å². The molecule has 2 aromatic rings. The monoisotopic (exact) mass is 274 g/mol. The van der Waals surface area contributed by atoms with Crippen molar-refractivity contribution in [1.82, 2.24) is 4.98 Å². The lowest BCUT2D eigenvalue weighted by Gasteiger charge is -2.18. The summed E-state index contributed by atoms with van der Waals surface area (Å²) in [7, 11) is 0. The van der Waals surface area contributed by atoms with E-state index in [2.05, 4.69) is 4.98 Å². The van der Waals surface area contributed by atoms with Gasteiger partial charge in [0.05, 0.1) is 6.61 Å². The second-order valence-electron chi connectivity index (χ2n) is 4.57. The Hall–Kier alpha value is -1.94. The molecular formula is C16H19FN2O. The molecule has 0 saturated heterocycles. The van der Waals surface area contributed by atoms with Crippen LogP contribution in [0.15, 0.2) is 42.6 Å². The van der Waals surface area contributed by atoms with E-state index in [4.69, 9.17) is 10.5 Å². The van der Waals surface area contributed by atoms with Crippen LogP contribution in [0.5, 0.6) is 5.75 Å². The first kappa shape index (κ1) is 14.5. The summed E-state index contributed by atoms with van der Waals surface area (Å²) < 4.78 is 19.1. The van der Waals surface area contributed by atoms with Crippen LogP contribution < -0.4 is 10.5 Å². The zero-order valence-electron chi connectivity index (χ0n) is 11.6. The number of hydrogen-bond acceptors (Lipinski definition) is 3. The Bertz CT molecular complexity index is 545. The van der Waals surface area contributed by atoms with Gasteiger partial charge >= 0.3 is 0 Å². The first-order valence-electron chi connectivity index (χ1n) is 6.76. The van der Waals surface area contributed by atoms with E-state index in [0.29, 0.717) is 25.3 Å². The number of rotatable bonds is 6. The summed E-state index contributed by atoms with van der Waals surface area (Å²) in [6, 6.07) is 10.3. The third-order valence-electron chi connectivity index (χ3n) is 3.18. The predicted octanol–water partition coefficient (Wildman–Crippen LogP) is 2.90. The largest absolute Gasteiger partial charge is 0.494 e. The van der Waals surface area contributed by atoms with Crippen molar-refractivity contribution in [2.45, 2.75) is 19.3 Å². The van der Waals surface area contributed by atoms with Gasteiger partial charge in [-0.1, -0.05) is 6.07 Å². The summed E-state index contributed by atoms with van der Waals surface area (Å²) >= 11 is 0.